The van der Waals surface area contributed by atoms with Crippen LogP contribution in [-0.4, -0.2) is 58.4 Å². The molecule has 2 saturated heterocycles. The van der Waals surface area contributed by atoms with Gasteiger partial charge in [0.1, 0.15) is 12.7 Å². The average Bonchev–Trinajstić information content (AvgIpc) is 3.09. The number of ether oxygens (including phenoxy) is 5. The second-order valence-corrected chi connectivity index (χ2v) is 5.20. The van der Waals surface area contributed by atoms with Crippen molar-refractivity contribution < 1.29 is 51.7 Å². The summed E-state index contributed by atoms with van der Waals surface area (Å²) in [5.41, 5.74) is 0.757. The largest absolute Gasteiger partial charge is 0.577 e. The Balaban J connectivity index is 1.74. The van der Waals surface area contributed by atoms with Crippen molar-refractivity contribution in [1.82, 2.24) is 9.55 Å². The number of carbonyl (C=O) groups excluding carboxylic acids is 2. The van der Waals surface area contributed by atoms with Gasteiger partial charge < -0.3 is 23.7 Å². The van der Waals surface area contributed by atoms with Crippen LogP contribution in [0.1, 0.15) is 6.23 Å². The van der Waals surface area contributed by atoms with Crippen molar-refractivity contribution >= 4 is 18.1 Å². The highest BCUT2D eigenvalue weighted by Crippen LogP contribution is 2.37. The number of hydrogen-bond donors (Lipinski definition) is 2. The maximum absolute atomic E-state index is 12.0. The molecule has 148 valence electrons. The van der Waals surface area contributed by atoms with E-state index in [-0.39, 0.29) is 5.82 Å². The molecule has 0 spiro atoms. The number of anilines is 1. The highest BCUT2D eigenvalue weighted by atomic mass is 19.4. The highest BCUT2D eigenvalue weighted by molar-refractivity contribution is 5.63. The molecule has 2 fully saturated rings. The van der Waals surface area contributed by atoms with Gasteiger partial charge in [0, 0.05) is 6.20 Å². The minimum atomic E-state index is -5.23. The van der Waals surface area contributed by atoms with Crippen LogP contribution in [0.2, 0.25) is 0 Å². The van der Waals surface area contributed by atoms with Gasteiger partial charge in [0.25, 0.3) is 0 Å². The van der Waals surface area contributed by atoms with Crippen molar-refractivity contribution in [3.05, 3.63) is 22.7 Å². The molecule has 0 saturated carbocycles. The van der Waals surface area contributed by atoms with E-state index in [4.69, 9.17) is 19.4 Å². The van der Waals surface area contributed by atoms with Crippen molar-refractivity contribution in [3.8, 4) is 0 Å². The third-order valence-electron chi connectivity index (χ3n) is 3.53. The summed E-state index contributed by atoms with van der Waals surface area (Å²) in [6.45, 7) is -0.776. The van der Waals surface area contributed by atoms with Gasteiger partial charge >= 0.3 is 24.4 Å². The first-order valence-corrected chi connectivity index (χ1v) is 7.12. The molecule has 12 nitrogen and oxygen atoms in total. The van der Waals surface area contributed by atoms with E-state index in [9.17, 15) is 27.6 Å². The lowest BCUT2D eigenvalue weighted by Gasteiger charge is -2.18. The van der Waals surface area contributed by atoms with Gasteiger partial charge in [-0.2, -0.15) is 4.98 Å². The fraction of sp³-hybridized carbons (Fsp3) is 0.500. The number of aromatic nitrogens is 2. The molecule has 0 bridgehead atoms. The van der Waals surface area contributed by atoms with E-state index >= 15 is 0 Å². The highest BCUT2D eigenvalue weighted by Gasteiger charge is 2.55. The maximum atomic E-state index is 12.0. The molecule has 15 heteroatoms. The molecule has 0 unspecified atom stereocenters. The van der Waals surface area contributed by atoms with E-state index in [2.05, 4.69) is 14.5 Å². The molecule has 3 rings (SSSR count). The van der Waals surface area contributed by atoms with Crippen LogP contribution in [0.25, 0.3) is 0 Å². The van der Waals surface area contributed by atoms with Gasteiger partial charge in [0.2, 0.25) is 0 Å². The average molecular weight is 397 g/mol. The number of rotatable bonds is 4. The van der Waals surface area contributed by atoms with Crippen molar-refractivity contribution in [3.63, 3.8) is 0 Å². The quantitative estimate of drug-likeness (QED) is 0.541. The molecule has 0 amide bonds. The standard InChI is InChI=1S/C12H10F3N3O9/c13-12(14,15)27-10(20)23-3-4-6-7(26-11(21)25-6)8(24-4)18-2-1-5(17-22)16-9(18)19/h1-2,4,6-8,22H,3H2,(H,16,17,19)/t4-,6-,7-,8-/m1/s1. The van der Waals surface area contributed by atoms with Gasteiger partial charge in [-0.3, -0.25) is 15.3 Å². The van der Waals surface area contributed by atoms with E-state index in [1.54, 1.807) is 5.48 Å². The fourth-order valence-electron chi connectivity index (χ4n) is 2.53. The number of halogens is 3. The van der Waals surface area contributed by atoms with E-state index in [1.807, 2.05) is 0 Å². The minimum Gasteiger partial charge on any atom is -0.431 e. The first-order valence-electron chi connectivity index (χ1n) is 7.12. The zero-order valence-electron chi connectivity index (χ0n) is 12.9. The van der Waals surface area contributed by atoms with Gasteiger partial charge in [-0.15, -0.1) is 13.2 Å². The summed E-state index contributed by atoms with van der Waals surface area (Å²) in [5.74, 6) is -0.166. The number of alkyl halides is 3. The van der Waals surface area contributed by atoms with Crippen LogP contribution in [0, 0.1) is 0 Å². The van der Waals surface area contributed by atoms with Crippen molar-refractivity contribution in [2.45, 2.75) is 30.9 Å². The molecule has 4 atom stereocenters. The molecule has 1 aromatic heterocycles. The SMILES string of the molecule is O=C1O[C@@H]2[C@H](O1)[C@@H](COC(=O)OC(F)(F)F)O[C@H]2n1ccc(NO)nc1=O. The predicted octanol–water partition coefficient (Wildman–Crippen LogP) is 0.519. The van der Waals surface area contributed by atoms with Crippen LogP contribution >= 0.6 is 0 Å². The molecule has 0 aliphatic carbocycles. The van der Waals surface area contributed by atoms with Crippen LogP contribution in [0.4, 0.5) is 28.6 Å². The van der Waals surface area contributed by atoms with Gasteiger partial charge in [-0.05, 0) is 6.07 Å². The van der Waals surface area contributed by atoms with Crippen LogP contribution in [0.5, 0.6) is 0 Å². The lowest BCUT2D eigenvalue weighted by Crippen LogP contribution is -2.34. The van der Waals surface area contributed by atoms with Gasteiger partial charge in [-0.25, -0.2) is 14.4 Å². The second kappa shape index (κ2) is 6.92. The third kappa shape index (κ3) is 4.03. The normalized spacial score (nSPS) is 26.7. The third-order valence-corrected chi connectivity index (χ3v) is 3.53. The van der Waals surface area contributed by atoms with Crippen molar-refractivity contribution in [1.29, 1.82) is 0 Å². The number of nitrogens with zero attached hydrogens (tertiary/aromatic N) is 2. The molecule has 0 radical (unpaired) electrons. The summed E-state index contributed by atoms with van der Waals surface area (Å²) in [6, 6.07) is 1.20. The summed E-state index contributed by atoms with van der Waals surface area (Å²) in [4.78, 5) is 37.8. The lowest BCUT2D eigenvalue weighted by molar-refractivity contribution is -0.299. The Labute approximate surface area is 146 Å². The summed E-state index contributed by atoms with van der Waals surface area (Å²) in [6.07, 6.45) is -12.0. The molecular formula is C12H10F3N3O9. The number of nitrogens with one attached hydrogen (secondary N) is 1. The Morgan fingerprint density at radius 3 is 2.67 bits per heavy atom. The molecule has 0 aromatic carbocycles. The summed E-state index contributed by atoms with van der Waals surface area (Å²) < 4.78 is 59.2. The molecule has 3 heterocycles. The van der Waals surface area contributed by atoms with E-state index in [0.29, 0.717) is 0 Å². The Bertz CT molecular complexity index is 798. The Kier molecular flexibility index (Phi) is 4.79. The zero-order chi connectivity index (χ0) is 19.8. The number of hydrogen-bond acceptors (Lipinski definition) is 11. The lowest BCUT2D eigenvalue weighted by atomic mass is 10.1. The van der Waals surface area contributed by atoms with Crippen LogP contribution in [0.15, 0.2) is 17.1 Å². The Hall–Kier alpha value is -3.07. The smallest absolute Gasteiger partial charge is 0.431 e. The fourth-order valence-corrected chi connectivity index (χ4v) is 2.53. The van der Waals surface area contributed by atoms with Gasteiger partial charge in [0.05, 0.1) is 0 Å². The summed E-state index contributed by atoms with van der Waals surface area (Å²) in [5, 5.41) is 8.73. The summed E-state index contributed by atoms with van der Waals surface area (Å²) >= 11 is 0. The van der Waals surface area contributed by atoms with Crippen molar-refractivity contribution in [2.24, 2.45) is 0 Å². The molecule has 1 aromatic rings. The monoisotopic (exact) mass is 397 g/mol. The molecule has 2 aliphatic rings. The van der Waals surface area contributed by atoms with E-state index in [0.717, 1.165) is 10.8 Å². The predicted molar refractivity (Wildman–Crippen MR) is 71.4 cm³/mol. The molecular weight excluding hydrogens is 387 g/mol. The summed E-state index contributed by atoms with van der Waals surface area (Å²) in [7, 11) is 0. The van der Waals surface area contributed by atoms with Crippen LogP contribution < -0.4 is 11.2 Å². The maximum Gasteiger partial charge on any atom is 0.577 e. The van der Waals surface area contributed by atoms with Crippen molar-refractivity contribution in [2.75, 3.05) is 12.1 Å². The number of fused-ring (bicyclic) bond motifs is 1. The number of carbonyl (C=O) groups is 2. The molecule has 27 heavy (non-hydrogen) atoms. The van der Waals surface area contributed by atoms with E-state index < -0.39 is 55.5 Å². The van der Waals surface area contributed by atoms with Gasteiger partial charge in [0.15, 0.2) is 24.3 Å². The topological polar surface area (TPSA) is 147 Å². The van der Waals surface area contributed by atoms with Crippen LogP contribution in [0.3, 0.4) is 0 Å². The zero-order valence-corrected chi connectivity index (χ0v) is 12.9. The minimum absolute atomic E-state index is 0.166. The first kappa shape index (κ1) is 18.7. The van der Waals surface area contributed by atoms with Gasteiger partial charge in [-0.1, -0.05) is 0 Å². The Morgan fingerprint density at radius 1 is 1.33 bits per heavy atom. The van der Waals surface area contributed by atoms with E-state index in [1.165, 1.54) is 6.07 Å². The van der Waals surface area contributed by atoms with Crippen LogP contribution in [-0.2, 0) is 23.7 Å². The molecule has 2 N–H and O–H groups in total. The molecule has 2 aliphatic heterocycles. The Morgan fingerprint density at radius 2 is 2.04 bits per heavy atom. The second-order valence-electron chi connectivity index (χ2n) is 5.20. The first-order chi connectivity index (χ1) is 12.7.